The first-order chi connectivity index (χ1) is 26.1. The third-order valence-electron chi connectivity index (χ3n) is 9.78. The van der Waals surface area contributed by atoms with Crippen LogP contribution in [0.3, 0.4) is 0 Å². The number of esters is 2. The first-order valence-corrected chi connectivity index (χ1v) is 22.0. The number of ether oxygens (including phenoxy) is 3. The van der Waals surface area contributed by atoms with Crippen LogP contribution in [0.4, 0.5) is 0 Å². The zero-order valence-corrected chi connectivity index (χ0v) is 35.6. The van der Waals surface area contributed by atoms with Gasteiger partial charge in [-0.25, -0.2) is 0 Å². The van der Waals surface area contributed by atoms with Crippen molar-refractivity contribution in [3.63, 3.8) is 0 Å². The predicted octanol–water partition coefficient (Wildman–Crippen LogP) is 10.5. The zero-order chi connectivity index (χ0) is 40.0. The lowest BCUT2D eigenvalue weighted by Crippen LogP contribution is -2.55. The summed E-state index contributed by atoms with van der Waals surface area (Å²) in [5.74, 6) is -1.75. The Morgan fingerprint density at radius 1 is 0.556 bits per heavy atom. The Morgan fingerprint density at radius 3 is 1.50 bits per heavy atom. The van der Waals surface area contributed by atoms with E-state index in [0.717, 1.165) is 51.4 Å². The third kappa shape index (κ3) is 35.3. The topological polar surface area (TPSA) is 102 Å². The van der Waals surface area contributed by atoms with Crippen molar-refractivity contribution in [1.82, 2.24) is 0 Å². The first-order valence-electron chi connectivity index (χ1n) is 22.0. The fourth-order valence-electron chi connectivity index (χ4n) is 6.28. The van der Waals surface area contributed by atoms with Gasteiger partial charge in [-0.15, -0.1) is 0 Å². The lowest BCUT2D eigenvalue weighted by atomic mass is 10.1. The molecule has 0 radical (unpaired) electrons. The van der Waals surface area contributed by atoms with Gasteiger partial charge in [0.05, 0.1) is 40.3 Å². The molecule has 0 saturated carbocycles. The number of hydrogen-bond acceptors (Lipinski definition) is 7. The second kappa shape index (κ2) is 37.5. The highest BCUT2D eigenvalue weighted by atomic mass is 16.6. The molecule has 0 bridgehead atoms. The van der Waals surface area contributed by atoms with Crippen molar-refractivity contribution in [2.45, 2.75) is 199 Å². The Kier molecular flexibility index (Phi) is 35.8. The summed E-state index contributed by atoms with van der Waals surface area (Å²) in [6, 6.07) is -0.726. The van der Waals surface area contributed by atoms with E-state index in [4.69, 9.17) is 14.2 Å². The van der Waals surface area contributed by atoms with Crippen LogP contribution in [0.25, 0.3) is 0 Å². The van der Waals surface area contributed by atoms with Crippen molar-refractivity contribution in [1.29, 1.82) is 0 Å². The van der Waals surface area contributed by atoms with Gasteiger partial charge in [0.15, 0.2) is 6.10 Å². The SMILES string of the molecule is CCCC/C=C/CCCCCCCC(=O)OCC(COCCC(C(=O)[O-])[N+](C)(C)C)OC(=O)CCCCCCCCCCCC/C=C/C=C/CCCCC. The van der Waals surface area contributed by atoms with Crippen LogP contribution >= 0.6 is 0 Å². The van der Waals surface area contributed by atoms with Gasteiger partial charge in [0.2, 0.25) is 0 Å². The Labute approximate surface area is 332 Å². The maximum Gasteiger partial charge on any atom is 0.306 e. The molecule has 0 spiro atoms. The molecule has 314 valence electrons. The number of unbranched alkanes of at least 4 members (excludes halogenated alkanes) is 20. The van der Waals surface area contributed by atoms with E-state index in [1.54, 1.807) is 21.1 Å². The highest BCUT2D eigenvalue weighted by molar-refractivity contribution is 5.70. The molecule has 0 aliphatic heterocycles. The van der Waals surface area contributed by atoms with Gasteiger partial charge in [0, 0.05) is 19.3 Å². The fourth-order valence-corrected chi connectivity index (χ4v) is 6.28. The summed E-state index contributed by atoms with van der Waals surface area (Å²) in [4.78, 5) is 36.8. The van der Waals surface area contributed by atoms with Gasteiger partial charge in [0.1, 0.15) is 12.6 Å². The first kappa shape index (κ1) is 51.5. The summed E-state index contributed by atoms with van der Waals surface area (Å²) in [5.41, 5.74) is 0. The van der Waals surface area contributed by atoms with Gasteiger partial charge in [-0.05, 0) is 57.8 Å². The summed E-state index contributed by atoms with van der Waals surface area (Å²) in [6.07, 6.45) is 41.6. The van der Waals surface area contributed by atoms with E-state index in [1.165, 1.54) is 103 Å². The summed E-state index contributed by atoms with van der Waals surface area (Å²) in [5, 5.41) is 11.6. The van der Waals surface area contributed by atoms with Crippen molar-refractivity contribution >= 4 is 17.9 Å². The number of quaternary nitrogens is 1. The lowest BCUT2D eigenvalue weighted by molar-refractivity contribution is -0.889. The highest BCUT2D eigenvalue weighted by Gasteiger charge is 2.25. The average Bonchev–Trinajstić information content (AvgIpc) is 3.12. The van der Waals surface area contributed by atoms with E-state index in [-0.39, 0.29) is 42.7 Å². The maximum atomic E-state index is 12.7. The molecule has 0 amide bonds. The molecule has 0 aromatic carbocycles. The lowest BCUT2D eigenvalue weighted by Gasteiger charge is -2.34. The Balaban J connectivity index is 4.31. The van der Waals surface area contributed by atoms with Crippen molar-refractivity contribution in [2.75, 3.05) is 41.0 Å². The number of hydrogen-bond donors (Lipinski definition) is 0. The minimum Gasteiger partial charge on any atom is -0.544 e. The molecule has 0 rings (SSSR count). The van der Waals surface area contributed by atoms with Crippen molar-refractivity contribution in [2.24, 2.45) is 0 Å². The second-order valence-electron chi connectivity index (χ2n) is 16.0. The van der Waals surface area contributed by atoms with Crippen LogP contribution < -0.4 is 5.11 Å². The van der Waals surface area contributed by atoms with E-state index in [2.05, 4.69) is 50.3 Å². The molecule has 2 unspecified atom stereocenters. The molecule has 8 nitrogen and oxygen atoms in total. The third-order valence-corrected chi connectivity index (χ3v) is 9.78. The van der Waals surface area contributed by atoms with Crippen LogP contribution in [0.1, 0.15) is 187 Å². The van der Waals surface area contributed by atoms with E-state index >= 15 is 0 Å². The molecule has 0 heterocycles. The molecule has 8 heteroatoms. The van der Waals surface area contributed by atoms with Gasteiger partial charge in [-0.1, -0.05) is 147 Å². The van der Waals surface area contributed by atoms with Crippen LogP contribution in [0.2, 0.25) is 0 Å². The normalized spacial score (nSPS) is 13.3. The van der Waals surface area contributed by atoms with Gasteiger partial charge in [-0.3, -0.25) is 9.59 Å². The van der Waals surface area contributed by atoms with E-state index < -0.39 is 18.1 Å². The number of rotatable bonds is 39. The Hall–Kier alpha value is -2.45. The number of carbonyl (C=O) groups is 3. The Morgan fingerprint density at radius 2 is 1.00 bits per heavy atom. The van der Waals surface area contributed by atoms with Crippen LogP contribution in [0.15, 0.2) is 36.5 Å². The maximum absolute atomic E-state index is 12.7. The van der Waals surface area contributed by atoms with E-state index in [0.29, 0.717) is 12.8 Å². The summed E-state index contributed by atoms with van der Waals surface area (Å²) in [7, 11) is 5.40. The van der Waals surface area contributed by atoms with Gasteiger partial charge >= 0.3 is 11.9 Å². The standard InChI is InChI=1S/C46H83NO7/c1-6-8-10-12-14-16-18-19-20-21-22-23-24-25-27-29-31-33-35-37-45(49)54-42(40-52-39-38-43(46(50)51)47(3,4)5)41-53-44(48)36-34-32-30-28-26-17-15-13-11-9-7-2/h13-16,18-19,42-43H,6-12,17,20-41H2,1-5H3/b15-13+,16-14+,19-18+. The van der Waals surface area contributed by atoms with Crippen molar-refractivity contribution in [3.8, 4) is 0 Å². The van der Waals surface area contributed by atoms with Crippen molar-refractivity contribution in [3.05, 3.63) is 36.5 Å². The number of likely N-dealkylation sites (N-methyl/N-ethyl adjacent to an activating group) is 1. The summed E-state index contributed by atoms with van der Waals surface area (Å²) in [6.45, 7) is 4.58. The van der Waals surface area contributed by atoms with Crippen LogP contribution in [-0.2, 0) is 28.6 Å². The molecule has 0 aliphatic carbocycles. The van der Waals surface area contributed by atoms with Gasteiger partial charge < -0.3 is 28.6 Å². The summed E-state index contributed by atoms with van der Waals surface area (Å²) < 4.78 is 17.1. The van der Waals surface area contributed by atoms with Crippen molar-refractivity contribution < 1.29 is 38.2 Å². The highest BCUT2D eigenvalue weighted by Crippen LogP contribution is 2.14. The zero-order valence-electron chi connectivity index (χ0n) is 35.6. The number of carboxylic acids is 1. The number of allylic oxidation sites excluding steroid dienone is 6. The number of carboxylic acid groups (broad SMARTS) is 1. The number of aliphatic carboxylic acids is 1. The average molecular weight is 762 g/mol. The molecule has 0 aliphatic rings. The Bertz CT molecular complexity index is 984. The van der Waals surface area contributed by atoms with Crippen LogP contribution in [0, 0.1) is 0 Å². The molecule has 0 fully saturated rings. The second-order valence-corrected chi connectivity index (χ2v) is 16.0. The number of nitrogens with zero attached hydrogens (tertiary/aromatic N) is 1. The molecule has 54 heavy (non-hydrogen) atoms. The largest absolute Gasteiger partial charge is 0.544 e. The molecule has 0 N–H and O–H groups in total. The van der Waals surface area contributed by atoms with Crippen LogP contribution in [-0.4, -0.2) is 75.5 Å². The number of carbonyl (C=O) groups excluding carboxylic acids is 3. The fraction of sp³-hybridized carbons (Fsp3) is 0.804. The summed E-state index contributed by atoms with van der Waals surface area (Å²) >= 11 is 0. The molecular weight excluding hydrogens is 679 g/mol. The quantitative estimate of drug-likeness (QED) is 0.0202. The molecule has 0 saturated heterocycles. The predicted molar refractivity (Wildman–Crippen MR) is 222 cm³/mol. The smallest absolute Gasteiger partial charge is 0.306 e. The van der Waals surface area contributed by atoms with Gasteiger partial charge in [-0.2, -0.15) is 0 Å². The van der Waals surface area contributed by atoms with Gasteiger partial charge in [0.25, 0.3) is 0 Å². The van der Waals surface area contributed by atoms with E-state index in [9.17, 15) is 19.5 Å². The molecule has 0 aromatic rings. The molecule has 2 atom stereocenters. The monoisotopic (exact) mass is 762 g/mol. The van der Waals surface area contributed by atoms with E-state index in [1.807, 2.05) is 0 Å². The minimum absolute atomic E-state index is 0.0378. The molecular formula is C46H83NO7. The minimum atomic E-state index is -1.13. The molecule has 0 aromatic heterocycles. The van der Waals surface area contributed by atoms with Crippen LogP contribution in [0.5, 0.6) is 0 Å².